The maximum Gasteiger partial charge on any atom is 0.306 e. The second-order valence-corrected chi connectivity index (χ2v) is 25.5. The van der Waals surface area contributed by atoms with Crippen molar-refractivity contribution in [2.75, 3.05) is 47.5 Å². The first-order valence-corrected chi connectivity index (χ1v) is 36.2. The van der Waals surface area contributed by atoms with Gasteiger partial charge in [0.1, 0.15) is 13.2 Å². The van der Waals surface area contributed by atoms with E-state index in [9.17, 15) is 19.5 Å². The van der Waals surface area contributed by atoms with E-state index in [4.69, 9.17) is 18.9 Å². The molecule has 0 aliphatic carbocycles. The maximum atomic E-state index is 12.9. The number of esters is 2. The number of aliphatic carboxylic acids is 1. The van der Waals surface area contributed by atoms with Crippen molar-refractivity contribution >= 4 is 17.9 Å². The zero-order valence-electron chi connectivity index (χ0n) is 56.9. The Morgan fingerprint density at radius 3 is 0.988 bits per heavy atom. The second kappa shape index (κ2) is 67.4. The third-order valence-corrected chi connectivity index (χ3v) is 15.9. The number of hydrogen-bond acceptors (Lipinski definition) is 8. The highest BCUT2D eigenvalue weighted by molar-refractivity contribution is 5.70. The van der Waals surface area contributed by atoms with Gasteiger partial charge in [0.25, 0.3) is 0 Å². The fraction of sp³-hybridized carbons (Fsp3) is 0.779. The van der Waals surface area contributed by atoms with Gasteiger partial charge in [0, 0.05) is 12.8 Å². The number of carbonyl (C=O) groups excluding carboxylic acids is 3. The van der Waals surface area contributed by atoms with Crippen molar-refractivity contribution in [1.29, 1.82) is 0 Å². The van der Waals surface area contributed by atoms with Crippen LogP contribution < -0.4 is 5.11 Å². The van der Waals surface area contributed by atoms with Gasteiger partial charge < -0.3 is 33.3 Å². The van der Waals surface area contributed by atoms with Crippen LogP contribution in [-0.2, 0) is 33.3 Å². The van der Waals surface area contributed by atoms with E-state index in [1.54, 1.807) is 0 Å². The molecule has 0 aromatic carbocycles. The number of likely N-dealkylation sites (N-methyl/N-ethyl adjacent to an activating group) is 1. The average molecular weight is 1200 g/mol. The Bertz CT molecular complexity index is 1690. The van der Waals surface area contributed by atoms with Gasteiger partial charge >= 0.3 is 11.9 Å². The van der Waals surface area contributed by atoms with E-state index >= 15 is 0 Å². The molecule has 498 valence electrons. The first-order valence-electron chi connectivity index (χ1n) is 36.2. The van der Waals surface area contributed by atoms with Crippen molar-refractivity contribution in [3.05, 3.63) is 85.1 Å². The third-order valence-electron chi connectivity index (χ3n) is 15.9. The van der Waals surface area contributed by atoms with Crippen LogP contribution in [0.1, 0.15) is 328 Å². The van der Waals surface area contributed by atoms with Crippen LogP contribution in [-0.4, -0.2) is 82.3 Å². The number of carboxylic acids is 1. The summed E-state index contributed by atoms with van der Waals surface area (Å²) in [7, 11) is 5.92. The Morgan fingerprint density at radius 2 is 0.663 bits per heavy atom. The molecule has 2 atom stereocenters. The lowest BCUT2D eigenvalue weighted by Gasteiger charge is -2.26. The van der Waals surface area contributed by atoms with Crippen LogP contribution in [0.5, 0.6) is 0 Å². The van der Waals surface area contributed by atoms with E-state index in [0.29, 0.717) is 17.4 Å². The molecule has 0 aliphatic rings. The summed E-state index contributed by atoms with van der Waals surface area (Å²) in [5, 5.41) is 11.8. The first kappa shape index (κ1) is 82.5. The van der Waals surface area contributed by atoms with Gasteiger partial charge in [-0.2, -0.15) is 0 Å². The van der Waals surface area contributed by atoms with E-state index in [0.717, 1.165) is 83.5 Å². The van der Waals surface area contributed by atoms with Crippen LogP contribution >= 0.6 is 0 Å². The summed E-state index contributed by atoms with van der Waals surface area (Å²) in [5.74, 6) is -2.32. The molecular weight excluding hydrogens is 1070 g/mol. The molecule has 0 N–H and O–H groups in total. The summed E-state index contributed by atoms with van der Waals surface area (Å²) >= 11 is 0. The summed E-state index contributed by atoms with van der Waals surface area (Å²) < 4.78 is 22.8. The largest absolute Gasteiger partial charge is 0.545 e. The van der Waals surface area contributed by atoms with Gasteiger partial charge in [0.05, 0.1) is 40.3 Å². The van der Waals surface area contributed by atoms with Crippen molar-refractivity contribution < 1.29 is 42.9 Å². The molecule has 0 fully saturated rings. The quantitative estimate of drug-likeness (QED) is 0.0195. The number of nitrogens with zero attached hydrogens (tertiary/aromatic N) is 1. The minimum atomic E-state index is -1.64. The lowest BCUT2D eigenvalue weighted by molar-refractivity contribution is -0.870. The van der Waals surface area contributed by atoms with Crippen LogP contribution in [0, 0.1) is 0 Å². The molecule has 0 radical (unpaired) electrons. The molecule has 0 heterocycles. The van der Waals surface area contributed by atoms with Crippen LogP contribution in [0.4, 0.5) is 0 Å². The number of carboxylic acid groups (broad SMARTS) is 1. The van der Waals surface area contributed by atoms with Gasteiger partial charge in [-0.25, -0.2) is 0 Å². The van der Waals surface area contributed by atoms with Crippen molar-refractivity contribution in [2.24, 2.45) is 0 Å². The minimum Gasteiger partial charge on any atom is -0.545 e. The normalized spacial score (nSPS) is 13.2. The molecule has 9 nitrogen and oxygen atoms in total. The zero-order valence-corrected chi connectivity index (χ0v) is 56.9. The first-order chi connectivity index (χ1) is 42.1. The SMILES string of the molecule is CC/C=C\C/C=C\C/C=C\C/C=C\C/C=C\C/C=C\C/C=C\CCCCCC(=O)OC(COC(=O)CCCCCCCCCCCCCCCCCCCCCCCCCCCCCCCCCCCCCC)COC(OCC[N+](C)(C)C)C(=O)[O-]. The van der Waals surface area contributed by atoms with Gasteiger partial charge in [-0.15, -0.1) is 0 Å². The molecule has 0 bridgehead atoms. The van der Waals surface area contributed by atoms with Crippen LogP contribution in [0.3, 0.4) is 0 Å². The number of hydrogen-bond donors (Lipinski definition) is 0. The number of allylic oxidation sites excluding steroid dienone is 14. The van der Waals surface area contributed by atoms with E-state index in [1.165, 1.54) is 212 Å². The third kappa shape index (κ3) is 68.0. The Balaban J connectivity index is 4.08. The summed E-state index contributed by atoms with van der Waals surface area (Å²) in [5.41, 5.74) is 0. The number of carbonyl (C=O) groups is 3. The van der Waals surface area contributed by atoms with Crippen LogP contribution in [0.2, 0.25) is 0 Å². The van der Waals surface area contributed by atoms with Crippen molar-refractivity contribution in [2.45, 2.75) is 341 Å². The number of quaternary nitrogens is 1. The summed E-state index contributed by atoms with van der Waals surface area (Å²) in [6.07, 6.45) is 88.4. The smallest absolute Gasteiger partial charge is 0.306 e. The zero-order chi connectivity index (χ0) is 62.6. The van der Waals surface area contributed by atoms with Crippen LogP contribution in [0.25, 0.3) is 0 Å². The minimum absolute atomic E-state index is 0.138. The summed E-state index contributed by atoms with van der Waals surface area (Å²) in [6.45, 7) is 4.63. The molecule has 0 aromatic heterocycles. The lowest BCUT2D eigenvalue weighted by Crippen LogP contribution is -2.44. The highest BCUT2D eigenvalue weighted by Crippen LogP contribution is 2.19. The molecule has 0 rings (SSSR count). The molecule has 0 saturated heterocycles. The second-order valence-electron chi connectivity index (χ2n) is 25.5. The summed E-state index contributed by atoms with van der Waals surface area (Å²) in [6, 6.07) is 0. The van der Waals surface area contributed by atoms with Crippen molar-refractivity contribution in [3.63, 3.8) is 0 Å². The molecule has 86 heavy (non-hydrogen) atoms. The van der Waals surface area contributed by atoms with Gasteiger partial charge in [-0.1, -0.05) is 330 Å². The molecule has 0 saturated carbocycles. The van der Waals surface area contributed by atoms with E-state index in [1.807, 2.05) is 21.1 Å². The number of unbranched alkanes of at least 4 members (excludes halogenated alkanes) is 38. The molecule has 9 heteroatoms. The fourth-order valence-electron chi connectivity index (χ4n) is 10.4. The van der Waals surface area contributed by atoms with E-state index < -0.39 is 24.3 Å². The fourth-order valence-corrected chi connectivity index (χ4v) is 10.4. The Labute approximate surface area is 531 Å². The lowest BCUT2D eigenvalue weighted by atomic mass is 10.0. The molecule has 0 amide bonds. The highest BCUT2D eigenvalue weighted by atomic mass is 16.7. The highest BCUT2D eigenvalue weighted by Gasteiger charge is 2.22. The number of rotatable bonds is 67. The molecule has 0 aliphatic heterocycles. The maximum absolute atomic E-state index is 12.9. The molecular formula is C77H137NO8. The Morgan fingerprint density at radius 1 is 0.360 bits per heavy atom. The van der Waals surface area contributed by atoms with Gasteiger partial charge in [0.2, 0.25) is 0 Å². The monoisotopic (exact) mass is 1200 g/mol. The Hall–Kier alpha value is -3.53. The number of ether oxygens (including phenoxy) is 4. The predicted molar refractivity (Wildman–Crippen MR) is 366 cm³/mol. The van der Waals surface area contributed by atoms with Gasteiger partial charge in [-0.3, -0.25) is 9.59 Å². The molecule has 2 unspecified atom stereocenters. The topological polar surface area (TPSA) is 111 Å². The van der Waals surface area contributed by atoms with Crippen molar-refractivity contribution in [1.82, 2.24) is 0 Å². The van der Waals surface area contributed by atoms with Crippen LogP contribution in [0.15, 0.2) is 85.1 Å². The summed E-state index contributed by atoms with van der Waals surface area (Å²) in [4.78, 5) is 37.5. The van der Waals surface area contributed by atoms with Crippen molar-refractivity contribution in [3.8, 4) is 0 Å². The van der Waals surface area contributed by atoms with Gasteiger partial charge in [0.15, 0.2) is 12.4 Å². The van der Waals surface area contributed by atoms with E-state index in [2.05, 4.69) is 98.9 Å². The predicted octanol–water partition coefficient (Wildman–Crippen LogP) is 21.3. The standard InChI is InChI=1S/C77H137NO8/c1-6-8-10-12-14-16-18-20-22-24-26-28-30-32-33-34-35-36-37-38-39-40-41-42-44-45-47-49-51-53-55-57-59-61-63-65-67-74(79)84-71-73(72-85-77(76(81)82)83-70-69-78(3,4)5)86-75(80)68-66-64-62-60-58-56-54-52-50-48-46-43-31-29-27-25-23-21-19-17-15-13-11-9-7-2/h9,11,15,17,21,23,27,29,43,46,50,52,56,58,73,77H,6-8,10,12-14,16,18-20,22,24-26,28,30-42,44-45,47-49,51,53-55,57,59-72H2,1-5H3/b11-9-,17-15-,23-21-,29-27-,46-43-,52-50-,58-56-. The van der Waals surface area contributed by atoms with Gasteiger partial charge in [-0.05, 0) is 70.6 Å². The average Bonchev–Trinajstić information content (AvgIpc) is 3.63. The molecule has 0 spiro atoms. The van der Waals surface area contributed by atoms with E-state index in [-0.39, 0.29) is 38.6 Å². The molecule has 0 aromatic rings. The Kier molecular flexibility index (Phi) is 64.6.